The smallest absolute Gasteiger partial charge is 0.268 e. The van der Waals surface area contributed by atoms with E-state index in [1.807, 2.05) is 36.4 Å². The van der Waals surface area contributed by atoms with Crippen LogP contribution in [0.15, 0.2) is 66.4 Å². The molecular formula is C21H22N2O2. The molecule has 0 unspecified atom stereocenters. The number of nitrogens with one attached hydrogen (secondary N) is 2. The zero-order chi connectivity index (χ0) is 17.5. The molecule has 4 nitrogen and oxygen atoms in total. The Hall–Kier alpha value is -2.88. The van der Waals surface area contributed by atoms with Crippen molar-refractivity contribution in [2.24, 2.45) is 0 Å². The van der Waals surface area contributed by atoms with Crippen molar-refractivity contribution in [2.45, 2.75) is 31.7 Å². The third-order valence-corrected chi connectivity index (χ3v) is 4.33. The van der Waals surface area contributed by atoms with E-state index in [2.05, 4.69) is 10.6 Å². The highest BCUT2D eigenvalue weighted by atomic mass is 16.2. The number of amides is 2. The molecule has 1 saturated carbocycles. The molecule has 0 radical (unpaired) electrons. The zero-order valence-electron chi connectivity index (χ0n) is 14.1. The summed E-state index contributed by atoms with van der Waals surface area (Å²) in [6.45, 7) is 0. The summed E-state index contributed by atoms with van der Waals surface area (Å²) in [6, 6.07) is 18.6. The molecule has 25 heavy (non-hydrogen) atoms. The molecule has 4 heteroatoms. The van der Waals surface area contributed by atoms with Crippen molar-refractivity contribution in [3.05, 3.63) is 77.5 Å². The Morgan fingerprint density at radius 1 is 0.880 bits per heavy atom. The fourth-order valence-electron chi connectivity index (χ4n) is 2.99. The minimum absolute atomic E-state index is 0.195. The first-order valence-corrected chi connectivity index (χ1v) is 8.66. The van der Waals surface area contributed by atoms with Gasteiger partial charge in [-0.2, -0.15) is 0 Å². The van der Waals surface area contributed by atoms with Crippen molar-refractivity contribution >= 4 is 17.9 Å². The van der Waals surface area contributed by atoms with Crippen molar-refractivity contribution < 1.29 is 9.59 Å². The molecule has 2 amide bonds. The van der Waals surface area contributed by atoms with Gasteiger partial charge in [0.25, 0.3) is 11.8 Å². The minimum atomic E-state index is -0.288. The SMILES string of the molecule is O=C(NC1CCCC1)/C(=C\c1ccccc1)NC(=O)c1ccccc1. The highest BCUT2D eigenvalue weighted by Gasteiger charge is 2.20. The standard InChI is InChI=1S/C21H22N2O2/c24-20(17-11-5-2-6-12-17)23-19(15-16-9-3-1-4-10-16)21(25)22-18-13-7-8-14-18/h1-6,9-12,15,18H,7-8,13-14H2,(H,22,25)(H,23,24)/b19-15+. The van der Waals surface area contributed by atoms with Gasteiger partial charge in [0.1, 0.15) is 5.70 Å². The molecule has 1 aliphatic carbocycles. The predicted octanol–water partition coefficient (Wildman–Crippen LogP) is 3.52. The van der Waals surface area contributed by atoms with Crippen molar-refractivity contribution in [1.82, 2.24) is 10.6 Å². The van der Waals surface area contributed by atoms with Gasteiger partial charge in [-0.3, -0.25) is 9.59 Å². The van der Waals surface area contributed by atoms with Crippen molar-refractivity contribution in [1.29, 1.82) is 0 Å². The first-order valence-electron chi connectivity index (χ1n) is 8.66. The Labute approximate surface area is 148 Å². The quantitative estimate of drug-likeness (QED) is 0.822. The van der Waals surface area contributed by atoms with E-state index in [4.69, 9.17) is 0 Å². The number of carbonyl (C=O) groups is 2. The molecule has 2 N–H and O–H groups in total. The Kier molecular flexibility index (Phi) is 5.62. The maximum Gasteiger partial charge on any atom is 0.268 e. The fourth-order valence-corrected chi connectivity index (χ4v) is 2.99. The van der Waals surface area contributed by atoms with Crippen LogP contribution in [0.3, 0.4) is 0 Å². The average Bonchev–Trinajstić information content (AvgIpc) is 3.15. The molecule has 128 valence electrons. The molecule has 0 aromatic heterocycles. The van der Waals surface area contributed by atoms with Gasteiger partial charge in [0.05, 0.1) is 0 Å². The van der Waals surface area contributed by atoms with Crippen LogP contribution in [0.1, 0.15) is 41.6 Å². The highest BCUT2D eigenvalue weighted by molar-refractivity contribution is 6.05. The van der Waals surface area contributed by atoms with Crippen LogP contribution in [0.4, 0.5) is 0 Å². The monoisotopic (exact) mass is 334 g/mol. The molecule has 1 fully saturated rings. The van der Waals surface area contributed by atoms with Gasteiger partial charge in [0.15, 0.2) is 0 Å². The van der Waals surface area contributed by atoms with Crippen LogP contribution in [0.2, 0.25) is 0 Å². The number of hydrogen-bond donors (Lipinski definition) is 2. The van der Waals surface area contributed by atoms with Gasteiger partial charge in [0, 0.05) is 11.6 Å². The summed E-state index contributed by atoms with van der Waals surface area (Å²) >= 11 is 0. The lowest BCUT2D eigenvalue weighted by molar-refractivity contribution is -0.118. The van der Waals surface area contributed by atoms with E-state index in [9.17, 15) is 9.59 Å². The third kappa shape index (κ3) is 4.80. The maximum atomic E-state index is 12.7. The fraction of sp³-hybridized carbons (Fsp3) is 0.238. The van der Waals surface area contributed by atoms with Gasteiger partial charge in [-0.1, -0.05) is 61.4 Å². The van der Waals surface area contributed by atoms with Crippen molar-refractivity contribution in [3.63, 3.8) is 0 Å². The molecule has 0 saturated heterocycles. The summed E-state index contributed by atoms with van der Waals surface area (Å²) in [6.07, 6.45) is 5.98. The Morgan fingerprint density at radius 3 is 2.12 bits per heavy atom. The van der Waals surface area contributed by atoms with Gasteiger partial charge in [0.2, 0.25) is 0 Å². The van der Waals surface area contributed by atoms with Crippen molar-refractivity contribution in [2.75, 3.05) is 0 Å². The molecule has 0 bridgehead atoms. The molecule has 0 heterocycles. The van der Waals surface area contributed by atoms with Crippen LogP contribution in [0, 0.1) is 0 Å². The molecule has 2 aromatic rings. The van der Waals surface area contributed by atoms with E-state index in [0.717, 1.165) is 31.2 Å². The Morgan fingerprint density at radius 2 is 1.48 bits per heavy atom. The number of rotatable bonds is 5. The number of hydrogen-bond acceptors (Lipinski definition) is 2. The van der Waals surface area contributed by atoms with Gasteiger partial charge in [-0.25, -0.2) is 0 Å². The first-order chi connectivity index (χ1) is 12.2. The van der Waals surface area contributed by atoms with Gasteiger partial charge in [-0.05, 0) is 36.6 Å². The summed E-state index contributed by atoms with van der Waals surface area (Å²) in [5.74, 6) is -0.524. The van der Waals surface area contributed by atoms with E-state index >= 15 is 0 Å². The molecule has 0 aliphatic heterocycles. The van der Waals surface area contributed by atoms with E-state index in [-0.39, 0.29) is 23.6 Å². The highest BCUT2D eigenvalue weighted by Crippen LogP contribution is 2.18. The zero-order valence-corrected chi connectivity index (χ0v) is 14.1. The second-order valence-corrected chi connectivity index (χ2v) is 6.24. The average molecular weight is 334 g/mol. The van der Waals surface area contributed by atoms with E-state index < -0.39 is 0 Å². The molecule has 1 aliphatic rings. The van der Waals surface area contributed by atoms with Gasteiger partial charge < -0.3 is 10.6 Å². The number of carbonyl (C=O) groups excluding carboxylic acids is 2. The minimum Gasteiger partial charge on any atom is -0.348 e. The molecular weight excluding hydrogens is 312 g/mol. The Bertz CT molecular complexity index is 748. The van der Waals surface area contributed by atoms with Crippen LogP contribution in [-0.2, 0) is 4.79 Å². The summed E-state index contributed by atoms with van der Waals surface area (Å²) in [5, 5.41) is 5.80. The van der Waals surface area contributed by atoms with Crippen LogP contribution in [0.25, 0.3) is 6.08 Å². The summed E-state index contributed by atoms with van der Waals surface area (Å²) < 4.78 is 0. The largest absolute Gasteiger partial charge is 0.348 e. The summed E-state index contributed by atoms with van der Waals surface area (Å²) in [5.41, 5.74) is 1.66. The molecule has 0 spiro atoms. The normalized spacial score (nSPS) is 15.0. The second kappa shape index (κ2) is 8.29. The van der Waals surface area contributed by atoms with Crippen LogP contribution in [-0.4, -0.2) is 17.9 Å². The first kappa shape index (κ1) is 17.0. The molecule has 0 atom stereocenters. The number of benzene rings is 2. The lowest BCUT2D eigenvalue weighted by Crippen LogP contribution is -2.39. The van der Waals surface area contributed by atoms with Crippen molar-refractivity contribution in [3.8, 4) is 0 Å². The molecule has 3 rings (SSSR count). The summed E-state index contributed by atoms with van der Waals surface area (Å²) in [7, 11) is 0. The van der Waals surface area contributed by atoms with Crippen LogP contribution < -0.4 is 10.6 Å². The van der Waals surface area contributed by atoms with Gasteiger partial charge >= 0.3 is 0 Å². The van der Waals surface area contributed by atoms with E-state index in [0.29, 0.717) is 5.56 Å². The lowest BCUT2D eigenvalue weighted by atomic mass is 10.1. The van der Waals surface area contributed by atoms with Crippen LogP contribution >= 0.6 is 0 Å². The maximum absolute atomic E-state index is 12.7. The third-order valence-electron chi connectivity index (χ3n) is 4.33. The lowest BCUT2D eigenvalue weighted by Gasteiger charge is -2.15. The second-order valence-electron chi connectivity index (χ2n) is 6.24. The van der Waals surface area contributed by atoms with Gasteiger partial charge in [-0.15, -0.1) is 0 Å². The van der Waals surface area contributed by atoms with Crippen LogP contribution in [0.5, 0.6) is 0 Å². The van der Waals surface area contributed by atoms with E-state index in [1.54, 1.807) is 30.3 Å². The topological polar surface area (TPSA) is 58.2 Å². The predicted molar refractivity (Wildman–Crippen MR) is 98.7 cm³/mol. The molecule has 2 aromatic carbocycles. The van der Waals surface area contributed by atoms with E-state index in [1.165, 1.54) is 0 Å². The Balaban J connectivity index is 1.79. The summed E-state index contributed by atoms with van der Waals surface area (Å²) in [4.78, 5) is 25.1.